The Morgan fingerprint density at radius 3 is 2.50 bits per heavy atom. The molecule has 4 rings (SSSR count). The fraction of sp³-hybridized carbons (Fsp3) is 0.385. The zero-order valence-electron chi connectivity index (χ0n) is 19.7. The molecule has 1 aromatic heterocycles. The molecule has 180 valence electrons. The highest BCUT2D eigenvalue weighted by Crippen LogP contribution is 2.25. The lowest BCUT2D eigenvalue weighted by Gasteiger charge is -2.27. The molecule has 2 aromatic carbocycles. The summed E-state index contributed by atoms with van der Waals surface area (Å²) in [5, 5.41) is 3.84. The van der Waals surface area contributed by atoms with Crippen LogP contribution in [0.2, 0.25) is 0 Å². The standard InChI is InChI=1S/C26H31N3O5/c1-32-21-9-8-20-17-24(29(23(20)18-21)11-10-28-12-14-34-15-13-28)25(30)27-22(26(31)33-2)16-19-6-4-3-5-7-19/h3-9,17-18,22H,10-16H2,1-2H3,(H,27,30)/t22-/m0/s1. The number of ether oxygens (including phenoxy) is 3. The number of carbonyl (C=O) groups excluding carboxylic acids is 2. The number of nitrogens with zero attached hydrogens (tertiary/aromatic N) is 2. The zero-order chi connectivity index (χ0) is 23.9. The van der Waals surface area contributed by atoms with Crippen molar-refractivity contribution in [3.63, 3.8) is 0 Å². The number of amides is 1. The largest absolute Gasteiger partial charge is 0.497 e. The molecule has 1 fully saturated rings. The maximum Gasteiger partial charge on any atom is 0.328 e. The number of fused-ring (bicyclic) bond motifs is 1. The number of benzene rings is 2. The minimum atomic E-state index is -0.792. The second-order valence-electron chi connectivity index (χ2n) is 8.30. The van der Waals surface area contributed by atoms with E-state index in [0.29, 0.717) is 31.9 Å². The van der Waals surface area contributed by atoms with Gasteiger partial charge in [0, 0.05) is 44.1 Å². The molecule has 0 radical (unpaired) electrons. The average Bonchev–Trinajstić information content (AvgIpc) is 3.25. The lowest BCUT2D eigenvalue weighted by Crippen LogP contribution is -2.44. The molecule has 8 nitrogen and oxygen atoms in total. The predicted octanol–water partition coefficient (Wildman–Crippen LogP) is 2.50. The molecule has 1 N–H and O–H groups in total. The highest BCUT2D eigenvalue weighted by molar-refractivity contribution is 6.00. The Hall–Kier alpha value is -3.36. The first-order chi connectivity index (χ1) is 16.6. The van der Waals surface area contributed by atoms with Gasteiger partial charge in [-0.1, -0.05) is 30.3 Å². The number of carbonyl (C=O) groups is 2. The van der Waals surface area contributed by atoms with Crippen LogP contribution in [0, 0.1) is 0 Å². The minimum Gasteiger partial charge on any atom is -0.497 e. The second-order valence-corrected chi connectivity index (χ2v) is 8.30. The van der Waals surface area contributed by atoms with Crippen LogP contribution < -0.4 is 10.1 Å². The molecule has 0 aliphatic carbocycles. The van der Waals surface area contributed by atoms with Crippen molar-refractivity contribution in [2.75, 3.05) is 47.1 Å². The van der Waals surface area contributed by atoms with Crippen molar-refractivity contribution in [2.24, 2.45) is 0 Å². The summed E-state index contributed by atoms with van der Waals surface area (Å²) in [6, 6.07) is 16.4. The van der Waals surface area contributed by atoms with E-state index in [4.69, 9.17) is 14.2 Å². The van der Waals surface area contributed by atoms with Crippen molar-refractivity contribution < 1.29 is 23.8 Å². The number of aromatic nitrogens is 1. The molecule has 1 saturated heterocycles. The summed E-state index contributed by atoms with van der Waals surface area (Å²) in [5.74, 6) is -0.0694. The van der Waals surface area contributed by atoms with Crippen LogP contribution in [0.5, 0.6) is 5.75 Å². The summed E-state index contributed by atoms with van der Waals surface area (Å²) >= 11 is 0. The van der Waals surface area contributed by atoms with E-state index in [0.717, 1.165) is 41.9 Å². The lowest BCUT2D eigenvalue weighted by molar-refractivity contribution is -0.142. The van der Waals surface area contributed by atoms with E-state index in [1.165, 1.54) is 7.11 Å². The van der Waals surface area contributed by atoms with Gasteiger partial charge in [0.1, 0.15) is 17.5 Å². The van der Waals surface area contributed by atoms with Crippen LogP contribution in [0.1, 0.15) is 16.1 Å². The van der Waals surface area contributed by atoms with E-state index in [9.17, 15) is 9.59 Å². The van der Waals surface area contributed by atoms with Crippen molar-refractivity contribution in [2.45, 2.75) is 19.0 Å². The van der Waals surface area contributed by atoms with Gasteiger partial charge in [0.2, 0.25) is 0 Å². The van der Waals surface area contributed by atoms with E-state index in [2.05, 4.69) is 10.2 Å². The highest BCUT2D eigenvalue weighted by atomic mass is 16.5. The molecule has 0 bridgehead atoms. The highest BCUT2D eigenvalue weighted by Gasteiger charge is 2.25. The van der Waals surface area contributed by atoms with Crippen molar-refractivity contribution in [3.8, 4) is 5.75 Å². The number of hydrogen-bond donors (Lipinski definition) is 1. The van der Waals surface area contributed by atoms with Crippen LogP contribution in [0.25, 0.3) is 10.9 Å². The van der Waals surface area contributed by atoms with Crippen LogP contribution >= 0.6 is 0 Å². The van der Waals surface area contributed by atoms with Gasteiger partial charge in [-0.2, -0.15) is 0 Å². The number of methoxy groups -OCH3 is 2. The van der Waals surface area contributed by atoms with Crippen molar-refractivity contribution in [1.82, 2.24) is 14.8 Å². The monoisotopic (exact) mass is 465 g/mol. The maximum atomic E-state index is 13.5. The summed E-state index contributed by atoms with van der Waals surface area (Å²) in [6.45, 7) is 4.58. The van der Waals surface area contributed by atoms with Gasteiger partial charge in [-0.15, -0.1) is 0 Å². The Bertz CT molecular complexity index is 1120. The number of nitrogens with one attached hydrogen (secondary N) is 1. The molecule has 1 aliphatic rings. The Balaban J connectivity index is 1.61. The molecule has 0 spiro atoms. The predicted molar refractivity (Wildman–Crippen MR) is 129 cm³/mol. The van der Waals surface area contributed by atoms with Gasteiger partial charge < -0.3 is 24.1 Å². The van der Waals surface area contributed by atoms with Crippen LogP contribution in [-0.4, -0.2) is 74.5 Å². The van der Waals surface area contributed by atoms with E-state index >= 15 is 0 Å². The van der Waals surface area contributed by atoms with Gasteiger partial charge in [0.25, 0.3) is 5.91 Å². The maximum absolute atomic E-state index is 13.5. The van der Waals surface area contributed by atoms with Crippen molar-refractivity contribution in [3.05, 3.63) is 65.9 Å². The number of morpholine rings is 1. The summed E-state index contributed by atoms with van der Waals surface area (Å²) in [6.07, 6.45) is 0.348. The first kappa shape index (κ1) is 23.8. The van der Waals surface area contributed by atoms with E-state index in [1.807, 2.05) is 59.2 Å². The second kappa shape index (κ2) is 11.2. The third-order valence-electron chi connectivity index (χ3n) is 6.16. The lowest BCUT2D eigenvalue weighted by atomic mass is 10.1. The topological polar surface area (TPSA) is 82.0 Å². The zero-order valence-corrected chi connectivity index (χ0v) is 19.7. The van der Waals surface area contributed by atoms with Gasteiger partial charge in [-0.3, -0.25) is 9.69 Å². The fourth-order valence-electron chi connectivity index (χ4n) is 4.27. The molecule has 34 heavy (non-hydrogen) atoms. The average molecular weight is 466 g/mol. The summed E-state index contributed by atoms with van der Waals surface area (Å²) < 4.78 is 17.8. The van der Waals surface area contributed by atoms with Gasteiger partial charge in [-0.25, -0.2) is 4.79 Å². The molecule has 3 aromatic rings. The summed E-state index contributed by atoms with van der Waals surface area (Å²) in [4.78, 5) is 28.3. The number of rotatable bonds is 9. The Kier molecular flexibility index (Phi) is 7.82. The molecule has 2 heterocycles. The number of esters is 1. The molecular weight excluding hydrogens is 434 g/mol. The number of hydrogen-bond acceptors (Lipinski definition) is 6. The first-order valence-electron chi connectivity index (χ1n) is 11.5. The third-order valence-corrected chi connectivity index (χ3v) is 6.16. The molecule has 1 atom stereocenters. The van der Waals surface area contributed by atoms with Crippen LogP contribution in [0.3, 0.4) is 0 Å². The molecular formula is C26H31N3O5. The SMILES string of the molecule is COC(=O)[C@H](Cc1ccccc1)NC(=O)c1cc2ccc(OC)cc2n1CCN1CCOCC1. The van der Waals surface area contributed by atoms with Crippen LogP contribution in [-0.2, 0) is 27.2 Å². The summed E-state index contributed by atoms with van der Waals surface area (Å²) in [7, 11) is 2.96. The first-order valence-corrected chi connectivity index (χ1v) is 11.5. The summed E-state index contributed by atoms with van der Waals surface area (Å²) in [5.41, 5.74) is 2.35. The van der Waals surface area contributed by atoms with Gasteiger partial charge in [0.05, 0.1) is 33.0 Å². The van der Waals surface area contributed by atoms with Gasteiger partial charge in [0.15, 0.2) is 0 Å². The molecule has 1 amide bonds. The molecule has 8 heteroatoms. The third kappa shape index (κ3) is 5.58. The fourth-order valence-corrected chi connectivity index (χ4v) is 4.27. The van der Waals surface area contributed by atoms with Gasteiger partial charge in [-0.05, 0) is 23.8 Å². The van der Waals surface area contributed by atoms with Gasteiger partial charge >= 0.3 is 5.97 Å². The Morgan fingerprint density at radius 1 is 1.03 bits per heavy atom. The Labute approximate surface area is 199 Å². The molecule has 0 unspecified atom stereocenters. The van der Waals surface area contributed by atoms with Crippen molar-refractivity contribution in [1.29, 1.82) is 0 Å². The minimum absolute atomic E-state index is 0.316. The van der Waals surface area contributed by atoms with E-state index < -0.39 is 12.0 Å². The van der Waals surface area contributed by atoms with E-state index in [-0.39, 0.29) is 5.91 Å². The smallest absolute Gasteiger partial charge is 0.328 e. The Morgan fingerprint density at radius 2 is 1.79 bits per heavy atom. The quantitative estimate of drug-likeness (QED) is 0.489. The van der Waals surface area contributed by atoms with Crippen LogP contribution in [0.15, 0.2) is 54.6 Å². The normalized spacial score (nSPS) is 15.1. The molecule has 0 saturated carbocycles. The van der Waals surface area contributed by atoms with Crippen LogP contribution in [0.4, 0.5) is 0 Å². The van der Waals surface area contributed by atoms with E-state index in [1.54, 1.807) is 7.11 Å². The molecule has 1 aliphatic heterocycles. The van der Waals surface area contributed by atoms with Crippen molar-refractivity contribution >= 4 is 22.8 Å².